The van der Waals surface area contributed by atoms with Crippen LogP contribution in [0.2, 0.25) is 0 Å². The molecule has 0 unspecified atom stereocenters. The molecule has 0 saturated heterocycles. The number of esters is 1. The minimum Gasteiger partial charge on any atom is -0.488 e. The van der Waals surface area contributed by atoms with Crippen molar-refractivity contribution in [2.24, 2.45) is 5.92 Å². The van der Waals surface area contributed by atoms with Crippen LogP contribution in [0, 0.1) is 18.7 Å². The topological polar surface area (TPSA) is 77.0 Å². The molecule has 2 aromatic carbocycles. The quantitative estimate of drug-likeness (QED) is 0.297. The number of thioether (sulfide) groups is 1. The third-order valence-electron chi connectivity index (χ3n) is 7.18. The van der Waals surface area contributed by atoms with Crippen LogP contribution in [0.15, 0.2) is 35.2 Å². The predicted octanol–water partition coefficient (Wildman–Crippen LogP) is 4.94. The van der Waals surface area contributed by atoms with Gasteiger partial charge in [-0.2, -0.15) is 0 Å². The van der Waals surface area contributed by atoms with Gasteiger partial charge in [0.2, 0.25) is 0 Å². The van der Waals surface area contributed by atoms with Crippen molar-refractivity contribution in [2.75, 3.05) is 26.0 Å². The highest BCUT2D eigenvalue weighted by molar-refractivity contribution is 7.98. The van der Waals surface area contributed by atoms with Gasteiger partial charge in [-0.1, -0.05) is 18.2 Å². The number of hydrogen-bond donors (Lipinski definition) is 2. The molecule has 2 N–H and O–H groups in total. The second-order valence-corrected chi connectivity index (χ2v) is 11.5. The lowest BCUT2D eigenvalue weighted by Gasteiger charge is -2.28. The number of carbonyl (C=O) groups is 1. The molecular formula is C29H38FNO5S. The molecule has 5 atom stereocenters. The van der Waals surface area contributed by atoms with Crippen LogP contribution in [0.5, 0.6) is 5.75 Å². The summed E-state index contributed by atoms with van der Waals surface area (Å²) in [7, 11) is 0. The number of carbonyl (C=O) groups excluding carboxylic acids is 1. The number of aliphatic hydroxyl groups excluding tert-OH is 1. The molecule has 37 heavy (non-hydrogen) atoms. The van der Waals surface area contributed by atoms with Gasteiger partial charge in [-0.3, -0.25) is 4.79 Å². The van der Waals surface area contributed by atoms with Gasteiger partial charge in [0.15, 0.2) is 0 Å². The Morgan fingerprint density at radius 2 is 2.05 bits per heavy atom. The second kappa shape index (κ2) is 11.3. The molecule has 1 heterocycles. The summed E-state index contributed by atoms with van der Waals surface area (Å²) in [4.78, 5) is 13.0. The molecule has 1 saturated carbocycles. The number of aliphatic hydroxyl groups is 1. The first-order valence-electron chi connectivity index (χ1n) is 12.9. The van der Waals surface area contributed by atoms with E-state index in [1.807, 2.05) is 52.1 Å². The van der Waals surface area contributed by atoms with E-state index < -0.39 is 6.10 Å². The maximum absolute atomic E-state index is 14.2. The minimum atomic E-state index is -0.715. The van der Waals surface area contributed by atoms with Crippen LogP contribution in [0.25, 0.3) is 0 Å². The van der Waals surface area contributed by atoms with E-state index in [0.717, 1.165) is 28.0 Å². The number of ether oxygens (including phenoxy) is 3. The van der Waals surface area contributed by atoms with Gasteiger partial charge in [0.1, 0.15) is 23.6 Å². The smallest absolute Gasteiger partial charge is 0.313 e. The van der Waals surface area contributed by atoms with Gasteiger partial charge in [-0.05, 0) is 76.1 Å². The number of rotatable bonds is 12. The second-order valence-electron chi connectivity index (χ2n) is 10.6. The van der Waals surface area contributed by atoms with E-state index in [2.05, 4.69) is 5.32 Å². The molecule has 0 aromatic heterocycles. The molecule has 2 aliphatic rings. The summed E-state index contributed by atoms with van der Waals surface area (Å²) in [5.74, 6) is 0.160. The van der Waals surface area contributed by atoms with Gasteiger partial charge >= 0.3 is 5.97 Å². The Kier molecular flexibility index (Phi) is 8.53. The van der Waals surface area contributed by atoms with Gasteiger partial charge in [-0.25, -0.2) is 4.39 Å². The SMILES string of the molecule is CCOC(=O)[C@@H]1[C@H]2Oc3c(C)ccc([C@@H](C)OC[C@H](O)CNC(C)(C)Cc4ccc(SC)c(F)c4)c3[C@H]21. The summed E-state index contributed by atoms with van der Waals surface area (Å²) in [6.45, 7) is 10.7. The van der Waals surface area contributed by atoms with Crippen LogP contribution in [0.3, 0.4) is 0 Å². The highest BCUT2D eigenvalue weighted by atomic mass is 32.2. The molecule has 2 aromatic rings. The van der Waals surface area contributed by atoms with Crippen LogP contribution in [0.4, 0.5) is 4.39 Å². The molecule has 1 aliphatic carbocycles. The fraction of sp³-hybridized carbons (Fsp3) is 0.552. The Hall–Kier alpha value is -2.13. The highest BCUT2D eigenvalue weighted by Crippen LogP contribution is 2.61. The van der Waals surface area contributed by atoms with Crippen molar-refractivity contribution in [3.8, 4) is 5.75 Å². The van der Waals surface area contributed by atoms with Crippen LogP contribution >= 0.6 is 11.8 Å². The largest absolute Gasteiger partial charge is 0.488 e. The minimum absolute atomic E-state index is 0.00258. The Labute approximate surface area is 223 Å². The molecule has 0 amide bonds. The molecule has 1 aliphatic heterocycles. The zero-order valence-electron chi connectivity index (χ0n) is 22.5. The van der Waals surface area contributed by atoms with E-state index in [-0.39, 0.29) is 48.0 Å². The first kappa shape index (κ1) is 27.9. The van der Waals surface area contributed by atoms with E-state index in [0.29, 0.717) is 24.5 Å². The number of hydrogen-bond acceptors (Lipinski definition) is 7. The first-order chi connectivity index (χ1) is 17.6. The summed E-state index contributed by atoms with van der Waals surface area (Å²) in [5, 5.41) is 14.0. The number of halogens is 1. The van der Waals surface area contributed by atoms with E-state index in [1.54, 1.807) is 19.1 Å². The van der Waals surface area contributed by atoms with E-state index in [9.17, 15) is 14.3 Å². The van der Waals surface area contributed by atoms with Crippen LogP contribution in [0.1, 0.15) is 62.0 Å². The van der Waals surface area contributed by atoms with Gasteiger partial charge < -0.3 is 24.6 Å². The lowest BCUT2D eigenvalue weighted by atomic mass is 9.94. The van der Waals surface area contributed by atoms with Crippen molar-refractivity contribution in [1.29, 1.82) is 0 Å². The Morgan fingerprint density at radius 1 is 1.30 bits per heavy atom. The molecule has 202 valence electrons. The standard InChI is InChI=1S/C29H38FNO5S/c1-7-34-28(33)25-24-23-20(10-8-16(2)26(23)36-27(24)25)17(3)35-15-19(32)14-31-29(4,5)13-18-9-11-22(37-6)21(30)12-18/h8-12,17,19,24-25,27,31-32H,7,13-15H2,1-6H3/t17-,19-,24+,25+,27+/m1/s1. The lowest BCUT2D eigenvalue weighted by Crippen LogP contribution is -2.46. The molecule has 0 bridgehead atoms. The number of fused-ring (bicyclic) bond motifs is 3. The summed E-state index contributed by atoms with van der Waals surface area (Å²) >= 11 is 1.39. The Balaban J connectivity index is 1.32. The zero-order valence-corrected chi connectivity index (χ0v) is 23.3. The highest BCUT2D eigenvalue weighted by Gasteiger charge is 2.64. The van der Waals surface area contributed by atoms with Crippen LogP contribution in [-0.2, 0) is 20.7 Å². The fourth-order valence-electron chi connectivity index (χ4n) is 5.20. The van der Waals surface area contributed by atoms with Crippen LogP contribution < -0.4 is 10.1 Å². The Morgan fingerprint density at radius 3 is 2.73 bits per heavy atom. The predicted molar refractivity (Wildman–Crippen MR) is 143 cm³/mol. The number of β-amino-alcohol motifs (C(OH)–C–C–N with tert-alkyl or cyclic N) is 1. The first-order valence-corrected chi connectivity index (χ1v) is 14.1. The van der Waals surface area contributed by atoms with Crippen LogP contribution in [-0.4, -0.2) is 54.8 Å². The summed E-state index contributed by atoms with van der Waals surface area (Å²) in [6.07, 6.45) is 1.33. The van der Waals surface area contributed by atoms with E-state index in [4.69, 9.17) is 14.2 Å². The summed E-state index contributed by atoms with van der Waals surface area (Å²) in [6, 6.07) is 9.37. The average Bonchev–Trinajstić information content (AvgIpc) is 3.42. The molecule has 1 fully saturated rings. The molecule has 6 nitrogen and oxygen atoms in total. The number of benzene rings is 2. The fourth-order valence-corrected chi connectivity index (χ4v) is 5.66. The molecule has 0 spiro atoms. The van der Waals surface area contributed by atoms with Crippen molar-refractivity contribution >= 4 is 17.7 Å². The van der Waals surface area contributed by atoms with Crippen molar-refractivity contribution in [3.63, 3.8) is 0 Å². The third kappa shape index (κ3) is 6.14. The molecule has 4 rings (SSSR count). The molecular weight excluding hydrogens is 493 g/mol. The van der Waals surface area contributed by atoms with Gasteiger partial charge in [0.25, 0.3) is 0 Å². The van der Waals surface area contributed by atoms with E-state index in [1.165, 1.54) is 11.8 Å². The van der Waals surface area contributed by atoms with Gasteiger partial charge in [0, 0.05) is 28.5 Å². The van der Waals surface area contributed by atoms with Crippen molar-refractivity contribution < 1.29 is 28.5 Å². The van der Waals surface area contributed by atoms with Gasteiger partial charge in [0.05, 0.1) is 25.4 Å². The monoisotopic (exact) mass is 531 g/mol. The van der Waals surface area contributed by atoms with Crippen molar-refractivity contribution in [1.82, 2.24) is 5.32 Å². The summed E-state index contributed by atoms with van der Waals surface area (Å²) in [5.41, 5.74) is 3.62. The summed E-state index contributed by atoms with van der Waals surface area (Å²) < 4.78 is 31.6. The lowest BCUT2D eigenvalue weighted by molar-refractivity contribution is -0.145. The molecule has 8 heteroatoms. The third-order valence-corrected chi connectivity index (χ3v) is 7.95. The number of nitrogens with one attached hydrogen (secondary N) is 1. The maximum atomic E-state index is 14.2. The Bertz CT molecular complexity index is 1140. The normalized spacial score (nSPS) is 21.6. The van der Waals surface area contributed by atoms with Crippen molar-refractivity contribution in [3.05, 3.63) is 58.4 Å². The van der Waals surface area contributed by atoms with Gasteiger partial charge in [-0.15, -0.1) is 11.8 Å². The maximum Gasteiger partial charge on any atom is 0.313 e. The number of aryl methyl sites for hydroxylation is 1. The van der Waals surface area contributed by atoms with Crippen molar-refractivity contribution in [2.45, 2.75) is 75.7 Å². The zero-order chi connectivity index (χ0) is 26.9. The van der Waals surface area contributed by atoms with E-state index >= 15 is 0 Å². The molecule has 0 radical (unpaired) electrons. The average molecular weight is 532 g/mol.